The molecule has 21 heavy (non-hydrogen) atoms. The van der Waals surface area contributed by atoms with Crippen LogP contribution in [0.25, 0.3) is 0 Å². The quantitative estimate of drug-likeness (QED) is 0.942. The minimum Gasteiger partial charge on any atom is -0.490 e. The van der Waals surface area contributed by atoms with E-state index in [1.54, 1.807) is 6.07 Å². The molecule has 3 rings (SSSR count). The first-order valence-electron chi connectivity index (χ1n) is 7.25. The normalized spacial score (nSPS) is 16.0. The fourth-order valence-corrected chi connectivity index (χ4v) is 2.56. The number of H-pyrrole nitrogens is 1. The molecule has 1 aromatic heterocycles. The standard InChI is InChI=1S/C16H19N3O2/c1-12-11-15(18-17-12)16(20)19-9-7-14(8-10-19)21-13-5-3-2-4-6-13/h2-6,11,14H,7-10H2,1H3,(H,17,18). The molecule has 2 aromatic rings. The Morgan fingerprint density at radius 3 is 2.62 bits per heavy atom. The molecule has 1 aromatic carbocycles. The zero-order valence-corrected chi connectivity index (χ0v) is 12.1. The largest absolute Gasteiger partial charge is 0.490 e. The highest BCUT2D eigenvalue weighted by molar-refractivity contribution is 5.92. The Kier molecular flexibility index (Phi) is 3.90. The highest BCUT2D eigenvalue weighted by Crippen LogP contribution is 2.19. The molecule has 5 nitrogen and oxygen atoms in total. The molecule has 110 valence electrons. The van der Waals surface area contributed by atoms with Gasteiger partial charge < -0.3 is 9.64 Å². The van der Waals surface area contributed by atoms with E-state index in [0.29, 0.717) is 18.8 Å². The molecular formula is C16H19N3O2. The third-order valence-electron chi connectivity index (χ3n) is 3.70. The summed E-state index contributed by atoms with van der Waals surface area (Å²) < 4.78 is 5.93. The Hall–Kier alpha value is -2.30. The second-order valence-corrected chi connectivity index (χ2v) is 5.36. The topological polar surface area (TPSA) is 58.2 Å². The molecule has 2 heterocycles. The van der Waals surface area contributed by atoms with Crippen molar-refractivity contribution in [1.29, 1.82) is 0 Å². The van der Waals surface area contributed by atoms with Gasteiger partial charge >= 0.3 is 0 Å². The summed E-state index contributed by atoms with van der Waals surface area (Å²) in [4.78, 5) is 14.1. The van der Waals surface area contributed by atoms with Crippen LogP contribution >= 0.6 is 0 Å². The lowest BCUT2D eigenvalue weighted by Gasteiger charge is -2.31. The number of aromatic nitrogens is 2. The van der Waals surface area contributed by atoms with Crippen LogP contribution < -0.4 is 4.74 Å². The van der Waals surface area contributed by atoms with Crippen LogP contribution in [-0.2, 0) is 0 Å². The highest BCUT2D eigenvalue weighted by Gasteiger charge is 2.25. The van der Waals surface area contributed by atoms with Crippen molar-refractivity contribution in [3.63, 3.8) is 0 Å². The predicted molar refractivity (Wildman–Crippen MR) is 79.3 cm³/mol. The van der Waals surface area contributed by atoms with Gasteiger partial charge in [-0.3, -0.25) is 9.89 Å². The Bertz CT molecular complexity index is 601. The van der Waals surface area contributed by atoms with Crippen LogP contribution in [-0.4, -0.2) is 40.2 Å². The van der Waals surface area contributed by atoms with Gasteiger partial charge in [0, 0.05) is 31.6 Å². The number of para-hydroxylation sites is 1. The van der Waals surface area contributed by atoms with E-state index in [0.717, 1.165) is 24.3 Å². The van der Waals surface area contributed by atoms with Crippen LogP contribution in [0.1, 0.15) is 29.0 Å². The van der Waals surface area contributed by atoms with Crippen molar-refractivity contribution in [2.75, 3.05) is 13.1 Å². The fraction of sp³-hybridized carbons (Fsp3) is 0.375. The van der Waals surface area contributed by atoms with Crippen molar-refractivity contribution >= 4 is 5.91 Å². The number of amides is 1. The van der Waals surface area contributed by atoms with Crippen molar-refractivity contribution in [3.8, 4) is 5.75 Å². The molecule has 1 saturated heterocycles. The molecule has 1 fully saturated rings. The molecule has 1 N–H and O–H groups in total. The Morgan fingerprint density at radius 2 is 2.00 bits per heavy atom. The van der Waals surface area contributed by atoms with E-state index in [1.807, 2.05) is 42.2 Å². The van der Waals surface area contributed by atoms with Gasteiger partial charge in [-0.2, -0.15) is 5.10 Å². The van der Waals surface area contributed by atoms with Gasteiger partial charge in [-0.05, 0) is 25.1 Å². The zero-order valence-electron chi connectivity index (χ0n) is 12.1. The van der Waals surface area contributed by atoms with Crippen molar-refractivity contribution in [2.24, 2.45) is 0 Å². The maximum atomic E-state index is 12.3. The van der Waals surface area contributed by atoms with E-state index in [2.05, 4.69) is 10.2 Å². The maximum absolute atomic E-state index is 12.3. The molecule has 1 aliphatic heterocycles. The summed E-state index contributed by atoms with van der Waals surface area (Å²) in [5, 5.41) is 6.84. The van der Waals surface area contributed by atoms with Gasteiger partial charge in [0.2, 0.25) is 0 Å². The third-order valence-corrected chi connectivity index (χ3v) is 3.70. The molecule has 0 aliphatic carbocycles. The van der Waals surface area contributed by atoms with Gasteiger partial charge in [0.1, 0.15) is 17.5 Å². The number of piperidine rings is 1. The van der Waals surface area contributed by atoms with E-state index in [4.69, 9.17) is 4.74 Å². The van der Waals surface area contributed by atoms with Gasteiger partial charge in [0.25, 0.3) is 5.91 Å². The number of carbonyl (C=O) groups is 1. The molecule has 0 atom stereocenters. The summed E-state index contributed by atoms with van der Waals surface area (Å²) in [6, 6.07) is 11.6. The number of aryl methyl sites for hydroxylation is 1. The lowest BCUT2D eigenvalue weighted by molar-refractivity contribution is 0.0590. The van der Waals surface area contributed by atoms with Crippen LogP contribution in [0.5, 0.6) is 5.75 Å². The number of ether oxygens (including phenoxy) is 1. The Morgan fingerprint density at radius 1 is 1.29 bits per heavy atom. The summed E-state index contributed by atoms with van der Waals surface area (Å²) >= 11 is 0. The number of benzene rings is 1. The number of aromatic amines is 1. The molecule has 0 unspecified atom stereocenters. The van der Waals surface area contributed by atoms with Gasteiger partial charge in [-0.25, -0.2) is 0 Å². The molecule has 0 bridgehead atoms. The molecule has 0 spiro atoms. The number of nitrogens with one attached hydrogen (secondary N) is 1. The number of likely N-dealkylation sites (tertiary alicyclic amines) is 1. The average Bonchev–Trinajstić information content (AvgIpc) is 2.95. The van der Waals surface area contributed by atoms with Crippen LogP contribution in [0.15, 0.2) is 36.4 Å². The number of hydrogen-bond donors (Lipinski definition) is 1. The number of hydrogen-bond acceptors (Lipinski definition) is 3. The van der Waals surface area contributed by atoms with Crippen LogP contribution in [0.3, 0.4) is 0 Å². The maximum Gasteiger partial charge on any atom is 0.274 e. The monoisotopic (exact) mass is 285 g/mol. The van der Waals surface area contributed by atoms with Crippen molar-refractivity contribution in [3.05, 3.63) is 47.8 Å². The predicted octanol–water partition coefficient (Wildman–Crippen LogP) is 2.40. The number of carbonyl (C=O) groups excluding carboxylic acids is 1. The van der Waals surface area contributed by atoms with Crippen LogP contribution in [0.2, 0.25) is 0 Å². The van der Waals surface area contributed by atoms with E-state index in [9.17, 15) is 4.79 Å². The first kappa shape index (κ1) is 13.7. The number of nitrogens with zero attached hydrogens (tertiary/aromatic N) is 2. The lowest BCUT2D eigenvalue weighted by atomic mass is 10.1. The summed E-state index contributed by atoms with van der Waals surface area (Å²) in [7, 11) is 0. The Balaban J connectivity index is 1.54. The van der Waals surface area contributed by atoms with E-state index >= 15 is 0 Å². The average molecular weight is 285 g/mol. The highest BCUT2D eigenvalue weighted by atomic mass is 16.5. The summed E-state index contributed by atoms with van der Waals surface area (Å²) in [5.74, 6) is 0.891. The van der Waals surface area contributed by atoms with E-state index < -0.39 is 0 Å². The molecule has 5 heteroatoms. The minimum atomic E-state index is -0.00230. The second kappa shape index (κ2) is 5.99. The van der Waals surface area contributed by atoms with Gasteiger partial charge in [0.15, 0.2) is 0 Å². The van der Waals surface area contributed by atoms with E-state index in [1.165, 1.54) is 0 Å². The summed E-state index contributed by atoms with van der Waals surface area (Å²) in [6.07, 6.45) is 1.88. The molecule has 0 radical (unpaired) electrons. The Labute approximate surface area is 123 Å². The first-order chi connectivity index (χ1) is 10.2. The smallest absolute Gasteiger partial charge is 0.274 e. The number of rotatable bonds is 3. The van der Waals surface area contributed by atoms with Crippen molar-refractivity contribution in [2.45, 2.75) is 25.9 Å². The molecule has 1 amide bonds. The van der Waals surface area contributed by atoms with Crippen LogP contribution in [0, 0.1) is 6.92 Å². The summed E-state index contributed by atoms with van der Waals surface area (Å²) in [6.45, 7) is 3.31. The van der Waals surface area contributed by atoms with E-state index in [-0.39, 0.29) is 12.0 Å². The minimum absolute atomic E-state index is 0.00230. The van der Waals surface area contributed by atoms with Crippen molar-refractivity contribution < 1.29 is 9.53 Å². The zero-order chi connectivity index (χ0) is 14.7. The second-order valence-electron chi connectivity index (χ2n) is 5.36. The summed E-state index contributed by atoms with van der Waals surface area (Å²) in [5.41, 5.74) is 1.40. The SMILES string of the molecule is Cc1cc(C(=O)N2CCC(Oc3ccccc3)CC2)n[nH]1. The first-order valence-corrected chi connectivity index (χ1v) is 7.25. The van der Waals surface area contributed by atoms with Gasteiger partial charge in [-0.15, -0.1) is 0 Å². The molecule has 1 aliphatic rings. The molecule has 0 saturated carbocycles. The van der Waals surface area contributed by atoms with Gasteiger partial charge in [0.05, 0.1) is 0 Å². The van der Waals surface area contributed by atoms with Crippen molar-refractivity contribution in [1.82, 2.24) is 15.1 Å². The van der Waals surface area contributed by atoms with Gasteiger partial charge in [-0.1, -0.05) is 18.2 Å². The fourth-order valence-electron chi connectivity index (χ4n) is 2.56. The lowest BCUT2D eigenvalue weighted by Crippen LogP contribution is -2.41. The molecular weight excluding hydrogens is 266 g/mol. The van der Waals surface area contributed by atoms with Crippen LogP contribution in [0.4, 0.5) is 0 Å². The third kappa shape index (κ3) is 3.24.